The van der Waals surface area contributed by atoms with Gasteiger partial charge in [0.25, 0.3) is 0 Å². The molecular formula is C21H16F3NO. The van der Waals surface area contributed by atoms with Crippen LogP contribution in [0.2, 0.25) is 0 Å². The van der Waals surface area contributed by atoms with Gasteiger partial charge in [-0.2, -0.15) is 0 Å². The molecule has 26 heavy (non-hydrogen) atoms. The number of ether oxygens (including phenoxy) is 1. The third kappa shape index (κ3) is 3.18. The van der Waals surface area contributed by atoms with Crippen molar-refractivity contribution in [2.75, 3.05) is 0 Å². The van der Waals surface area contributed by atoms with Crippen LogP contribution in [-0.2, 0) is 6.42 Å². The first-order valence-electron chi connectivity index (χ1n) is 8.23. The van der Waals surface area contributed by atoms with Crippen molar-refractivity contribution in [1.29, 1.82) is 0 Å². The van der Waals surface area contributed by atoms with Crippen LogP contribution in [0.3, 0.4) is 0 Å². The summed E-state index contributed by atoms with van der Waals surface area (Å²) in [5.41, 5.74) is 13.0. The first-order chi connectivity index (χ1) is 12.4. The third-order valence-corrected chi connectivity index (χ3v) is 4.65. The molecule has 1 aliphatic carbocycles. The van der Waals surface area contributed by atoms with E-state index in [1.807, 2.05) is 18.2 Å². The summed E-state index contributed by atoms with van der Waals surface area (Å²) >= 11 is 0. The predicted octanol–water partition coefficient (Wildman–Crippen LogP) is 5.20. The molecule has 0 radical (unpaired) electrons. The van der Waals surface area contributed by atoms with Crippen LogP contribution in [0.4, 0.5) is 13.2 Å². The van der Waals surface area contributed by atoms with Crippen LogP contribution in [0, 0.1) is 0 Å². The van der Waals surface area contributed by atoms with Crippen molar-refractivity contribution >= 4 is 0 Å². The van der Waals surface area contributed by atoms with Crippen LogP contribution in [-0.4, -0.2) is 6.36 Å². The number of alkyl halides is 3. The van der Waals surface area contributed by atoms with Gasteiger partial charge in [-0.25, -0.2) is 0 Å². The van der Waals surface area contributed by atoms with Gasteiger partial charge in [-0.05, 0) is 51.9 Å². The average molecular weight is 355 g/mol. The van der Waals surface area contributed by atoms with Gasteiger partial charge in [0.05, 0.1) is 6.04 Å². The summed E-state index contributed by atoms with van der Waals surface area (Å²) < 4.78 is 40.7. The highest BCUT2D eigenvalue weighted by Gasteiger charge is 2.31. The van der Waals surface area contributed by atoms with E-state index >= 15 is 0 Å². The molecule has 3 aromatic carbocycles. The maximum absolute atomic E-state index is 12.3. The zero-order chi connectivity index (χ0) is 18.3. The third-order valence-electron chi connectivity index (χ3n) is 4.65. The molecule has 0 bridgehead atoms. The topological polar surface area (TPSA) is 35.2 Å². The Hall–Kier alpha value is -2.79. The van der Waals surface area contributed by atoms with Crippen molar-refractivity contribution in [2.45, 2.75) is 18.8 Å². The normalized spacial score (nSPS) is 13.8. The van der Waals surface area contributed by atoms with Gasteiger partial charge >= 0.3 is 6.36 Å². The minimum Gasteiger partial charge on any atom is -0.406 e. The Kier molecular flexibility index (Phi) is 3.96. The van der Waals surface area contributed by atoms with Gasteiger partial charge in [0, 0.05) is 0 Å². The molecule has 1 aliphatic rings. The van der Waals surface area contributed by atoms with Gasteiger partial charge in [0.2, 0.25) is 0 Å². The standard InChI is InChI=1S/C21H16F3NO/c22-21(23,24)26-17-8-5-13(6-9-17)20(25)15-7-10-19-16(12-15)11-14-3-1-2-4-18(14)19/h1-10,12,20H,11,25H2/t20-/m1/s1. The quantitative estimate of drug-likeness (QED) is 0.548. The fraction of sp³-hybridized carbons (Fsp3) is 0.143. The Bertz CT molecular complexity index is 948. The number of hydrogen-bond acceptors (Lipinski definition) is 2. The van der Waals surface area contributed by atoms with Gasteiger partial charge < -0.3 is 10.5 Å². The predicted molar refractivity (Wildman–Crippen MR) is 93.8 cm³/mol. The van der Waals surface area contributed by atoms with E-state index in [4.69, 9.17) is 5.73 Å². The fourth-order valence-electron chi connectivity index (χ4n) is 3.43. The second-order valence-corrected chi connectivity index (χ2v) is 6.35. The van der Waals surface area contributed by atoms with Gasteiger partial charge in [0.1, 0.15) is 5.75 Å². The molecule has 5 heteroatoms. The lowest BCUT2D eigenvalue weighted by Crippen LogP contribution is -2.17. The maximum Gasteiger partial charge on any atom is 0.573 e. The summed E-state index contributed by atoms with van der Waals surface area (Å²) in [6, 6.07) is 19.7. The Balaban J connectivity index is 1.58. The minimum atomic E-state index is -4.70. The Morgan fingerprint density at radius 2 is 1.46 bits per heavy atom. The molecule has 132 valence electrons. The van der Waals surface area contributed by atoms with E-state index in [1.54, 1.807) is 12.1 Å². The molecule has 0 saturated carbocycles. The fourth-order valence-corrected chi connectivity index (χ4v) is 3.43. The largest absolute Gasteiger partial charge is 0.573 e. The van der Waals surface area contributed by atoms with Gasteiger partial charge in [0.15, 0.2) is 0 Å². The van der Waals surface area contributed by atoms with E-state index in [0.29, 0.717) is 0 Å². The average Bonchev–Trinajstić information content (AvgIpc) is 2.98. The Morgan fingerprint density at radius 1 is 0.808 bits per heavy atom. The van der Waals surface area contributed by atoms with E-state index in [-0.39, 0.29) is 5.75 Å². The first kappa shape index (κ1) is 16.7. The number of halogens is 3. The number of rotatable bonds is 3. The Morgan fingerprint density at radius 3 is 2.19 bits per heavy atom. The highest BCUT2D eigenvalue weighted by Crippen LogP contribution is 2.38. The van der Waals surface area contributed by atoms with E-state index in [9.17, 15) is 13.2 Å². The molecule has 0 aliphatic heterocycles. The lowest BCUT2D eigenvalue weighted by atomic mass is 9.95. The number of nitrogens with two attached hydrogens (primary N) is 1. The molecule has 2 N–H and O–H groups in total. The van der Waals surface area contributed by atoms with Crippen molar-refractivity contribution in [1.82, 2.24) is 0 Å². The summed E-state index contributed by atoms with van der Waals surface area (Å²) in [4.78, 5) is 0. The van der Waals surface area contributed by atoms with Crippen LogP contribution in [0.5, 0.6) is 5.75 Å². The smallest absolute Gasteiger partial charge is 0.406 e. The zero-order valence-corrected chi connectivity index (χ0v) is 13.8. The van der Waals surface area contributed by atoms with Gasteiger partial charge in [-0.3, -0.25) is 0 Å². The summed E-state index contributed by atoms with van der Waals surface area (Å²) in [5.74, 6) is -0.252. The molecule has 4 rings (SSSR count). The van der Waals surface area contributed by atoms with Crippen molar-refractivity contribution < 1.29 is 17.9 Å². The molecule has 2 nitrogen and oxygen atoms in total. The number of hydrogen-bond donors (Lipinski definition) is 1. The lowest BCUT2D eigenvalue weighted by Gasteiger charge is -2.15. The summed E-state index contributed by atoms with van der Waals surface area (Å²) in [6.45, 7) is 0. The first-order valence-corrected chi connectivity index (χ1v) is 8.23. The van der Waals surface area contributed by atoms with Gasteiger partial charge in [-0.15, -0.1) is 13.2 Å². The van der Waals surface area contributed by atoms with Crippen LogP contribution in [0.25, 0.3) is 11.1 Å². The molecule has 0 amide bonds. The monoisotopic (exact) mass is 355 g/mol. The maximum atomic E-state index is 12.3. The number of benzene rings is 3. The zero-order valence-electron chi connectivity index (χ0n) is 13.8. The van der Waals surface area contributed by atoms with Crippen LogP contribution in [0.1, 0.15) is 28.3 Å². The molecule has 0 spiro atoms. The molecular weight excluding hydrogens is 339 g/mol. The van der Waals surface area contributed by atoms with Crippen molar-refractivity contribution in [3.8, 4) is 16.9 Å². The van der Waals surface area contributed by atoms with Crippen molar-refractivity contribution in [2.24, 2.45) is 5.73 Å². The lowest BCUT2D eigenvalue weighted by molar-refractivity contribution is -0.274. The van der Waals surface area contributed by atoms with E-state index in [0.717, 1.165) is 17.5 Å². The second kappa shape index (κ2) is 6.18. The Labute approximate surface area is 149 Å². The molecule has 0 saturated heterocycles. The second-order valence-electron chi connectivity index (χ2n) is 6.35. The molecule has 0 fully saturated rings. The molecule has 0 heterocycles. The summed E-state index contributed by atoms with van der Waals surface area (Å²) in [6.07, 6.45) is -3.83. The molecule has 3 aromatic rings. The summed E-state index contributed by atoms with van der Waals surface area (Å²) in [5, 5.41) is 0. The van der Waals surface area contributed by atoms with Crippen LogP contribution in [0.15, 0.2) is 66.7 Å². The minimum absolute atomic E-state index is 0.252. The SMILES string of the molecule is N[C@H](c1ccc(OC(F)(F)F)cc1)c1ccc2c(c1)Cc1ccccc1-2. The van der Waals surface area contributed by atoms with Crippen molar-refractivity contribution in [3.05, 3.63) is 89.0 Å². The van der Waals surface area contributed by atoms with Gasteiger partial charge in [-0.1, -0.05) is 54.6 Å². The van der Waals surface area contributed by atoms with E-state index in [2.05, 4.69) is 29.0 Å². The highest BCUT2D eigenvalue weighted by atomic mass is 19.4. The van der Waals surface area contributed by atoms with Crippen LogP contribution >= 0.6 is 0 Å². The van der Waals surface area contributed by atoms with E-state index < -0.39 is 12.4 Å². The van der Waals surface area contributed by atoms with Crippen LogP contribution < -0.4 is 10.5 Å². The van der Waals surface area contributed by atoms with E-state index in [1.165, 1.54) is 34.4 Å². The molecule has 1 atom stereocenters. The summed E-state index contributed by atoms with van der Waals surface area (Å²) in [7, 11) is 0. The molecule has 0 unspecified atom stereocenters. The highest BCUT2D eigenvalue weighted by molar-refractivity contribution is 5.77. The number of fused-ring (bicyclic) bond motifs is 3. The van der Waals surface area contributed by atoms with Crippen molar-refractivity contribution in [3.63, 3.8) is 0 Å². The molecule has 0 aromatic heterocycles.